The van der Waals surface area contributed by atoms with Crippen molar-refractivity contribution in [3.8, 4) is 0 Å². The van der Waals surface area contributed by atoms with E-state index >= 15 is 0 Å². The molecule has 0 radical (unpaired) electrons. The lowest BCUT2D eigenvalue weighted by Crippen LogP contribution is -2.61. The Balaban J connectivity index is 2.16. The second kappa shape index (κ2) is 5.70. The van der Waals surface area contributed by atoms with E-state index in [9.17, 15) is 26.7 Å². The van der Waals surface area contributed by atoms with Crippen LogP contribution in [0.3, 0.4) is 0 Å². The molecule has 0 bridgehead atoms. The number of benzene rings is 1. The molecular formula is C16H19F3N2O3S. The number of nitrogens with zero attached hydrogens (tertiary/aromatic N) is 2. The van der Waals surface area contributed by atoms with Crippen molar-refractivity contribution < 1.29 is 26.7 Å². The fourth-order valence-electron chi connectivity index (χ4n) is 3.51. The molecule has 1 fully saturated rings. The van der Waals surface area contributed by atoms with E-state index in [1.54, 1.807) is 13.8 Å². The molecule has 138 valence electrons. The highest BCUT2D eigenvalue weighted by Gasteiger charge is 2.70. The molecule has 1 heterocycles. The minimum atomic E-state index is -5.17. The molecule has 0 saturated heterocycles. The number of rotatable bonds is 2. The van der Waals surface area contributed by atoms with Crippen LogP contribution in [0.15, 0.2) is 34.3 Å². The number of aryl methyl sites for hydroxylation is 1. The first kappa shape index (κ1) is 18.2. The summed E-state index contributed by atoms with van der Waals surface area (Å²) in [5.41, 5.74) is -2.69. The lowest BCUT2D eigenvalue weighted by atomic mass is 9.76. The topological polar surface area (TPSA) is 70.0 Å². The number of hydrogen-bond acceptors (Lipinski definition) is 4. The highest BCUT2D eigenvalue weighted by atomic mass is 32.2. The number of alkyl halides is 3. The highest BCUT2D eigenvalue weighted by Crippen LogP contribution is 2.50. The zero-order valence-corrected chi connectivity index (χ0v) is 14.6. The molecular weight excluding hydrogens is 357 g/mol. The van der Waals surface area contributed by atoms with Crippen molar-refractivity contribution in [2.45, 2.75) is 49.9 Å². The quantitative estimate of drug-likeness (QED) is 0.863. The van der Waals surface area contributed by atoms with Crippen LogP contribution in [0, 0.1) is 18.8 Å². The smallest absolute Gasteiger partial charge is 0.361 e. The number of sulfonamides is 1. The fourth-order valence-corrected chi connectivity index (χ4v) is 4.99. The van der Waals surface area contributed by atoms with Crippen LogP contribution in [-0.2, 0) is 10.0 Å². The number of aliphatic hydroxyl groups is 1. The maximum atomic E-state index is 13.8. The first-order chi connectivity index (χ1) is 11.5. The summed E-state index contributed by atoms with van der Waals surface area (Å²) in [6, 6.07) is 5.40. The van der Waals surface area contributed by atoms with Gasteiger partial charge in [0.1, 0.15) is 0 Å². The summed E-state index contributed by atoms with van der Waals surface area (Å²) >= 11 is 0. The third kappa shape index (κ3) is 2.64. The van der Waals surface area contributed by atoms with E-state index in [0.29, 0.717) is 12.8 Å². The fraction of sp³-hybridized carbons (Fsp3) is 0.562. The van der Waals surface area contributed by atoms with Gasteiger partial charge in [-0.3, -0.25) is 0 Å². The van der Waals surface area contributed by atoms with Gasteiger partial charge >= 0.3 is 6.18 Å². The Labute approximate surface area is 144 Å². The zero-order chi connectivity index (χ0) is 18.6. The number of halogens is 3. The number of hydrogen-bond donors (Lipinski definition) is 1. The van der Waals surface area contributed by atoms with E-state index in [2.05, 4.69) is 5.10 Å². The van der Waals surface area contributed by atoms with Crippen LogP contribution in [0.2, 0.25) is 0 Å². The Morgan fingerprint density at radius 1 is 1.24 bits per heavy atom. The summed E-state index contributed by atoms with van der Waals surface area (Å²) in [6.45, 7) is 3.43. The number of hydrazone groups is 1. The third-order valence-corrected chi connectivity index (χ3v) is 6.62. The maximum Gasteiger partial charge on any atom is 0.439 e. The Hall–Kier alpha value is -1.61. The van der Waals surface area contributed by atoms with Crippen LogP contribution in [0.1, 0.15) is 31.7 Å². The van der Waals surface area contributed by atoms with Crippen molar-refractivity contribution in [1.29, 1.82) is 0 Å². The van der Waals surface area contributed by atoms with Gasteiger partial charge in [0.05, 0.1) is 16.5 Å². The van der Waals surface area contributed by atoms with Crippen LogP contribution in [0.4, 0.5) is 13.2 Å². The molecule has 25 heavy (non-hydrogen) atoms. The van der Waals surface area contributed by atoms with E-state index < -0.39 is 27.8 Å². The van der Waals surface area contributed by atoms with E-state index in [4.69, 9.17) is 0 Å². The SMILES string of the molecule is Cc1ccc(S(=O)(=O)N2N=C3[C@H](C)CCC[C@@H]3[C@@]2(O)C(F)(F)F)cc1. The first-order valence-corrected chi connectivity index (χ1v) is 9.43. The molecule has 1 N–H and O–H groups in total. The molecule has 1 aliphatic heterocycles. The average Bonchev–Trinajstić information content (AvgIpc) is 2.84. The Morgan fingerprint density at radius 2 is 1.84 bits per heavy atom. The maximum absolute atomic E-state index is 13.8. The third-order valence-electron chi connectivity index (χ3n) is 4.94. The van der Waals surface area contributed by atoms with E-state index in [1.807, 2.05) is 0 Å². The van der Waals surface area contributed by atoms with Crippen molar-refractivity contribution in [3.05, 3.63) is 29.8 Å². The molecule has 9 heteroatoms. The van der Waals surface area contributed by atoms with Crippen molar-refractivity contribution >= 4 is 15.7 Å². The molecule has 1 aromatic carbocycles. The number of fused-ring (bicyclic) bond motifs is 1. The Morgan fingerprint density at radius 3 is 2.40 bits per heavy atom. The van der Waals surface area contributed by atoms with Gasteiger partial charge in [0, 0.05) is 0 Å². The summed E-state index contributed by atoms with van der Waals surface area (Å²) < 4.78 is 66.8. The van der Waals surface area contributed by atoms with Crippen LogP contribution in [0.25, 0.3) is 0 Å². The van der Waals surface area contributed by atoms with Crippen molar-refractivity contribution in [2.24, 2.45) is 16.9 Å². The molecule has 5 nitrogen and oxygen atoms in total. The monoisotopic (exact) mass is 376 g/mol. The lowest BCUT2D eigenvalue weighted by Gasteiger charge is -2.39. The normalized spacial score (nSPS) is 30.2. The molecule has 2 aliphatic rings. The minimum absolute atomic E-state index is 0.0408. The van der Waals surface area contributed by atoms with Gasteiger partial charge < -0.3 is 5.11 Å². The molecule has 3 atom stereocenters. The average molecular weight is 376 g/mol. The van der Waals surface area contributed by atoms with Crippen molar-refractivity contribution in [1.82, 2.24) is 4.41 Å². The van der Waals surface area contributed by atoms with Gasteiger partial charge in [-0.05, 0) is 37.8 Å². The van der Waals surface area contributed by atoms with Crippen LogP contribution in [0.5, 0.6) is 0 Å². The molecule has 0 amide bonds. The Bertz CT molecular complexity index is 805. The summed E-state index contributed by atoms with van der Waals surface area (Å²) in [7, 11) is -4.65. The lowest BCUT2D eigenvalue weighted by molar-refractivity contribution is -0.306. The molecule has 0 aromatic heterocycles. The first-order valence-electron chi connectivity index (χ1n) is 7.99. The van der Waals surface area contributed by atoms with Gasteiger partial charge in [0.15, 0.2) is 0 Å². The summed E-state index contributed by atoms with van der Waals surface area (Å²) in [6.07, 6.45) is -4.04. The summed E-state index contributed by atoms with van der Waals surface area (Å²) in [5.74, 6) is -1.69. The van der Waals surface area contributed by atoms with E-state index in [1.165, 1.54) is 24.3 Å². The van der Waals surface area contributed by atoms with Crippen molar-refractivity contribution in [3.63, 3.8) is 0 Å². The van der Waals surface area contributed by atoms with Gasteiger partial charge in [0.25, 0.3) is 15.7 Å². The largest absolute Gasteiger partial charge is 0.439 e. The second-order valence-corrected chi connectivity index (χ2v) is 8.46. The highest BCUT2D eigenvalue weighted by molar-refractivity contribution is 7.89. The van der Waals surface area contributed by atoms with Gasteiger partial charge in [-0.15, -0.1) is 4.41 Å². The molecule has 1 saturated carbocycles. The van der Waals surface area contributed by atoms with Gasteiger partial charge in [-0.2, -0.15) is 26.7 Å². The zero-order valence-electron chi connectivity index (χ0n) is 13.8. The van der Waals surface area contributed by atoms with E-state index in [0.717, 1.165) is 5.56 Å². The Kier molecular flexibility index (Phi) is 4.15. The van der Waals surface area contributed by atoms with E-state index in [-0.39, 0.29) is 27.4 Å². The van der Waals surface area contributed by atoms with Crippen LogP contribution in [-0.4, -0.2) is 35.6 Å². The van der Waals surface area contributed by atoms with Crippen molar-refractivity contribution in [2.75, 3.05) is 0 Å². The molecule has 1 aliphatic carbocycles. The molecule has 3 rings (SSSR count). The predicted octanol–water partition coefficient (Wildman–Crippen LogP) is 3.04. The van der Waals surface area contributed by atoms with Crippen LogP contribution >= 0.6 is 0 Å². The van der Waals surface area contributed by atoms with Gasteiger partial charge in [-0.1, -0.05) is 31.0 Å². The summed E-state index contributed by atoms with van der Waals surface area (Å²) in [4.78, 5) is -0.337. The second-order valence-electron chi connectivity index (χ2n) is 6.69. The molecule has 1 aromatic rings. The molecule has 0 spiro atoms. The standard InChI is InChI=1S/C16H19F3N2O3S/c1-10-6-8-12(9-7-10)25(23,24)21-15(22,16(17,18)19)13-5-3-4-11(2)14(13)20-21/h6-9,11,13,22H,3-5H2,1-2H3/t11-,13+,15-/m1/s1. The predicted molar refractivity (Wildman–Crippen MR) is 85.1 cm³/mol. The van der Waals surface area contributed by atoms with Gasteiger partial charge in [-0.25, -0.2) is 0 Å². The van der Waals surface area contributed by atoms with Crippen LogP contribution < -0.4 is 0 Å². The minimum Gasteiger partial charge on any atom is -0.361 e. The van der Waals surface area contributed by atoms with Gasteiger partial charge in [0.2, 0.25) is 0 Å². The molecule has 0 unspecified atom stereocenters. The summed E-state index contributed by atoms with van der Waals surface area (Å²) in [5, 5.41) is 14.3.